The summed E-state index contributed by atoms with van der Waals surface area (Å²) in [6.45, 7) is 0.326. The summed E-state index contributed by atoms with van der Waals surface area (Å²) in [6.07, 6.45) is -10.4. The zero-order valence-corrected chi connectivity index (χ0v) is 39.5. The fourth-order valence-electron chi connectivity index (χ4n) is 7.51. The van der Waals surface area contributed by atoms with E-state index in [0.717, 1.165) is 32.4 Å². The first-order valence-electron chi connectivity index (χ1n) is 20.2. The molecule has 0 spiro atoms. The minimum Gasteiger partial charge on any atom is -0.446 e. The van der Waals surface area contributed by atoms with Gasteiger partial charge in [-0.05, 0) is 74.3 Å². The van der Waals surface area contributed by atoms with Crippen molar-refractivity contribution in [2.45, 2.75) is 81.7 Å². The molecule has 374 valence electrons. The van der Waals surface area contributed by atoms with Crippen LogP contribution in [0.5, 0.6) is 0 Å². The van der Waals surface area contributed by atoms with Crippen molar-refractivity contribution < 1.29 is 72.7 Å². The number of rotatable bonds is 13. The number of hydrogen-bond acceptors (Lipinski definition) is 10. The van der Waals surface area contributed by atoms with Crippen molar-refractivity contribution in [2.75, 3.05) is 37.1 Å². The largest absolute Gasteiger partial charge is 0.446 e. The van der Waals surface area contributed by atoms with Crippen LogP contribution < -0.4 is 9.62 Å². The number of amides is 2. The Morgan fingerprint density at radius 3 is 2.26 bits per heavy atom. The highest BCUT2D eigenvalue weighted by atomic mass is 35.5. The van der Waals surface area contributed by atoms with E-state index < -0.39 is 137 Å². The number of fused-ring (bicyclic) bond motifs is 2. The predicted molar refractivity (Wildman–Crippen MR) is 237 cm³/mol. The van der Waals surface area contributed by atoms with Crippen molar-refractivity contribution in [2.24, 2.45) is 0 Å². The van der Waals surface area contributed by atoms with Gasteiger partial charge in [-0.25, -0.2) is 22.8 Å². The number of alkyl halides is 8. The lowest BCUT2D eigenvalue weighted by molar-refractivity contribution is -0.143. The third-order valence-corrected chi connectivity index (χ3v) is 12.6. The van der Waals surface area contributed by atoms with E-state index in [2.05, 4.69) is 32.3 Å². The number of nitrogens with zero attached hydrogens (tertiary/aromatic N) is 6. The molecule has 0 bridgehead atoms. The van der Waals surface area contributed by atoms with Gasteiger partial charge in [0.25, 0.3) is 5.92 Å². The zero-order chi connectivity index (χ0) is 51.6. The molecule has 1 aliphatic carbocycles. The van der Waals surface area contributed by atoms with Crippen LogP contribution in [0.25, 0.3) is 22.0 Å². The Balaban J connectivity index is 0.00000438. The summed E-state index contributed by atoms with van der Waals surface area (Å²) in [4.78, 5) is 31.9. The summed E-state index contributed by atoms with van der Waals surface area (Å²) < 4.78 is 164. The van der Waals surface area contributed by atoms with Gasteiger partial charge in [-0.2, -0.15) is 49.6 Å². The third-order valence-electron chi connectivity index (χ3n) is 10.3. The Morgan fingerprint density at radius 1 is 1.04 bits per heavy atom. The molecule has 0 saturated heterocycles. The molecule has 3 aromatic heterocycles. The van der Waals surface area contributed by atoms with Crippen molar-refractivity contribution in [3.8, 4) is 23.0 Å². The number of pyridine rings is 1. The average Bonchev–Trinajstić information content (AvgIpc) is 3.89. The third kappa shape index (κ3) is 12.5. The van der Waals surface area contributed by atoms with E-state index in [1.807, 2.05) is 0 Å². The van der Waals surface area contributed by atoms with Gasteiger partial charge in [-0.3, -0.25) is 14.2 Å². The number of thioether (sulfide) groups is 1. The van der Waals surface area contributed by atoms with Gasteiger partial charge < -0.3 is 20.3 Å². The fourth-order valence-corrected chi connectivity index (χ4v) is 8.53. The number of aromatic nitrogens is 5. The van der Waals surface area contributed by atoms with E-state index in [-0.39, 0.29) is 43.2 Å². The molecule has 0 aliphatic heterocycles. The van der Waals surface area contributed by atoms with Crippen LogP contribution in [0.2, 0.25) is 5.02 Å². The topological polar surface area (TPSA) is 165 Å². The van der Waals surface area contributed by atoms with Crippen LogP contribution in [-0.2, 0) is 52.1 Å². The number of aliphatic hydroxyl groups excluding tert-OH is 2. The van der Waals surface area contributed by atoms with Crippen LogP contribution in [0, 0.1) is 23.5 Å². The second-order valence-corrected chi connectivity index (χ2v) is 18.8. The SMILES string of the molecule is CO.CSC(C)(C)C#Cc1ccc(-c2ccc(Cl)c3c(N(C(=O)OCCO)S(C)=O)nn(CC(F)(F)F)c23)c(C(Cc2cc(F)cc(F)c2)NC(=O)Cn2nc(C(F)(F)F)c3c2C(F)(F)C[C@@H]3C)n1. The first-order valence-corrected chi connectivity index (χ1v) is 23.3. The Bertz CT molecular complexity index is 2810. The lowest BCUT2D eigenvalue weighted by atomic mass is 9.93. The molecule has 0 fully saturated rings. The number of carbonyl (C=O) groups excluding carboxylic acids is 2. The minimum absolute atomic E-state index is 0.0206. The summed E-state index contributed by atoms with van der Waals surface area (Å²) >= 11 is 7.98. The summed E-state index contributed by atoms with van der Waals surface area (Å²) in [7, 11) is -1.39. The number of carbonyl (C=O) groups is 2. The molecule has 1 aliphatic rings. The number of aliphatic hydroxyl groups is 2. The van der Waals surface area contributed by atoms with Crippen molar-refractivity contribution in [1.29, 1.82) is 0 Å². The maximum Gasteiger partial charge on any atom is 0.435 e. The van der Waals surface area contributed by atoms with Crippen LogP contribution >= 0.6 is 23.4 Å². The van der Waals surface area contributed by atoms with Gasteiger partial charge in [0.05, 0.1) is 39.0 Å². The van der Waals surface area contributed by atoms with Gasteiger partial charge in [-0.1, -0.05) is 30.5 Å². The van der Waals surface area contributed by atoms with E-state index in [9.17, 15) is 54.0 Å². The van der Waals surface area contributed by atoms with Gasteiger partial charge in [0.2, 0.25) is 5.91 Å². The van der Waals surface area contributed by atoms with Crippen LogP contribution in [0.15, 0.2) is 42.5 Å². The zero-order valence-electron chi connectivity index (χ0n) is 37.1. The monoisotopic (exact) mass is 1040 g/mol. The smallest absolute Gasteiger partial charge is 0.435 e. The van der Waals surface area contributed by atoms with E-state index >= 15 is 8.78 Å². The molecule has 69 heavy (non-hydrogen) atoms. The number of hydrogen-bond donors (Lipinski definition) is 3. The molecule has 0 saturated carbocycles. The molecule has 26 heteroatoms. The lowest BCUT2D eigenvalue weighted by Gasteiger charge is -2.23. The molecule has 5 aromatic rings. The van der Waals surface area contributed by atoms with Crippen LogP contribution in [0.1, 0.15) is 73.1 Å². The molecular weight excluding hydrogens is 1000 g/mol. The highest BCUT2D eigenvalue weighted by Gasteiger charge is 2.53. The molecule has 2 unspecified atom stereocenters. The minimum atomic E-state index is -5.19. The van der Waals surface area contributed by atoms with Gasteiger partial charge in [0.1, 0.15) is 53.7 Å². The summed E-state index contributed by atoms with van der Waals surface area (Å²) in [5.74, 6) is -3.35. The van der Waals surface area contributed by atoms with Crippen molar-refractivity contribution in [1.82, 2.24) is 29.9 Å². The number of benzene rings is 2. The van der Waals surface area contributed by atoms with Crippen LogP contribution in [0.3, 0.4) is 0 Å². The molecule has 3 N–H and O–H groups in total. The Morgan fingerprint density at radius 2 is 1.68 bits per heavy atom. The number of anilines is 1. The Kier molecular flexibility index (Phi) is 16.8. The lowest BCUT2D eigenvalue weighted by Crippen LogP contribution is -2.35. The fraction of sp³-hybridized carbons (Fsp3) is 0.419. The van der Waals surface area contributed by atoms with Gasteiger partial charge >= 0.3 is 18.4 Å². The Labute approximate surface area is 399 Å². The van der Waals surface area contributed by atoms with E-state index in [1.165, 1.54) is 36.0 Å². The van der Waals surface area contributed by atoms with E-state index in [0.29, 0.717) is 15.1 Å². The molecule has 3 atom stereocenters. The van der Waals surface area contributed by atoms with Gasteiger partial charge in [0.15, 0.2) is 11.5 Å². The standard InChI is InChI=1S/C42H38ClF10N7O5S2.CH4O/c1-21-18-40(46,47)36-31(21)35(42(51,52)53)56-58(36)19-30(62)55-29(16-22-14-23(44)17-24(45)15-22)33-26(7-6-25(54-33)10-11-39(2,3)66-4)27-8-9-28(43)32-34(27)59(20-41(48,49)50)57-37(32)60(67(5)64)38(63)65-13-12-61;1-2/h6-9,14-15,17,21,29,61H,12-13,16,18-20H2,1-5H3,(H,55,62);2H,1H3/t21-,29?,67?;/m0./s1. The molecule has 3 heterocycles. The first-order chi connectivity index (χ1) is 32.1. The molecule has 6 rings (SSSR count). The summed E-state index contributed by atoms with van der Waals surface area (Å²) in [5.41, 5.74) is -4.80. The molecule has 2 amide bonds. The highest BCUT2D eigenvalue weighted by Crippen LogP contribution is 2.52. The second kappa shape index (κ2) is 21.3. The molecule has 0 radical (unpaired) electrons. The van der Waals surface area contributed by atoms with E-state index in [4.69, 9.17) is 21.4 Å². The second-order valence-electron chi connectivity index (χ2n) is 15.7. The number of ether oxygens (including phenoxy) is 1. The molecule has 2 aromatic carbocycles. The number of nitrogens with one attached hydrogen (secondary N) is 1. The normalized spacial score (nSPS) is 15.4. The quantitative estimate of drug-likeness (QED) is 0.0767. The van der Waals surface area contributed by atoms with Gasteiger partial charge in [-0.15, -0.1) is 11.8 Å². The van der Waals surface area contributed by atoms with Gasteiger partial charge in [0, 0.05) is 42.5 Å². The predicted octanol–water partition coefficient (Wildman–Crippen LogP) is 8.84. The number of halogens is 11. The summed E-state index contributed by atoms with van der Waals surface area (Å²) in [6, 6.07) is 5.74. The molecular formula is C43H42ClF10N7O6S2. The average molecular weight is 1040 g/mol. The van der Waals surface area contributed by atoms with Crippen molar-refractivity contribution in [3.63, 3.8) is 0 Å². The van der Waals surface area contributed by atoms with Crippen molar-refractivity contribution >= 4 is 63.1 Å². The Hall–Kier alpha value is -5.42. The van der Waals surface area contributed by atoms with E-state index in [1.54, 1.807) is 20.1 Å². The van der Waals surface area contributed by atoms with Crippen LogP contribution in [-0.4, -0.2) is 94.7 Å². The highest BCUT2D eigenvalue weighted by molar-refractivity contribution is 8.00. The molecule has 13 nitrogen and oxygen atoms in total. The maximum atomic E-state index is 15.3. The van der Waals surface area contributed by atoms with Crippen molar-refractivity contribution in [3.05, 3.63) is 93.0 Å². The summed E-state index contributed by atoms with van der Waals surface area (Å²) in [5, 5.41) is 25.4. The van der Waals surface area contributed by atoms with Crippen LogP contribution in [0.4, 0.5) is 54.5 Å². The maximum absolute atomic E-state index is 15.3. The first kappa shape index (κ1) is 54.5.